The Morgan fingerprint density at radius 1 is 1.06 bits per heavy atom. The predicted octanol–water partition coefficient (Wildman–Crippen LogP) is 0.891. The van der Waals surface area contributed by atoms with Gasteiger partial charge in [0.15, 0.2) is 5.82 Å². The van der Waals surface area contributed by atoms with Crippen molar-refractivity contribution in [3.8, 4) is 0 Å². The molecule has 0 bridgehead atoms. The number of nitrogens with zero attached hydrogens (tertiary/aromatic N) is 7. The Balaban J connectivity index is 1.27. The molecule has 0 aliphatic carbocycles. The van der Waals surface area contributed by atoms with Crippen LogP contribution in [0, 0.1) is 0 Å². The summed E-state index contributed by atoms with van der Waals surface area (Å²) in [5, 5.41) is 1.01. The van der Waals surface area contributed by atoms with Crippen LogP contribution < -0.4 is 4.90 Å². The predicted molar refractivity (Wildman–Crippen MR) is 118 cm³/mol. The first-order chi connectivity index (χ1) is 15.7. The third-order valence-electron chi connectivity index (χ3n) is 6.04. The van der Waals surface area contributed by atoms with Crippen LogP contribution in [0.25, 0.3) is 10.9 Å². The van der Waals surface area contributed by atoms with Gasteiger partial charge in [-0.15, -0.1) is 0 Å². The summed E-state index contributed by atoms with van der Waals surface area (Å²) in [4.78, 5) is 44.7. The first-order valence-electron chi connectivity index (χ1n) is 10.7. The van der Waals surface area contributed by atoms with Gasteiger partial charge < -0.3 is 24.0 Å². The molecule has 2 aliphatic rings. The summed E-state index contributed by atoms with van der Waals surface area (Å²) >= 11 is 0. The van der Waals surface area contributed by atoms with Crippen LogP contribution in [0.15, 0.2) is 36.8 Å². The maximum atomic E-state index is 13.1. The fraction of sp³-hybridized carbons (Fsp3) is 0.409. The molecule has 2 aliphatic heterocycles. The van der Waals surface area contributed by atoms with Crippen molar-refractivity contribution in [3.05, 3.63) is 48.3 Å². The molecule has 4 heterocycles. The molecule has 10 nitrogen and oxygen atoms in total. The number of benzene rings is 1. The highest BCUT2D eigenvalue weighted by Crippen LogP contribution is 2.24. The number of methoxy groups -OCH3 is 1. The van der Waals surface area contributed by atoms with Crippen LogP contribution in [0.5, 0.6) is 0 Å². The molecule has 0 spiro atoms. The Kier molecular flexibility index (Phi) is 5.44. The van der Waals surface area contributed by atoms with Gasteiger partial charge in [0.05, 0.1) is 12.1 Å². The molecule has 1 saturated heterocycles. The first kappa shape index (κ1) is 20.4. The normalized spacial score (nSPS) is 16.5. The zero-order valence-electron chi connectivity index (χ0n) is 18.0. The number of aromatic nitrogens is 4. The van der Waals surface area contributed by atoms with Gasteiger partial charge in [0.2, 0.25) is 0 Å². The van der Waals surface area contributed by atoms with E-state index < -0.39 is 0 Å². The van der Waals surface area contributed by atoms with Crippen molar-refractivity contribution in [1.29, 1.82) is 0 Å². The first-order valence-corrected chi connectivity index (χ1v) is 10.7. The van der Waals surface area contributed by atoms with E-state index in [2.05, 4.69) is 19.9 Å². The summed E-state index contributed by atoms with van der Waals surface area (Å²) in [5.41, 5.74) is 1.23. The lowest BCUT2D eigenvalue weighted by molar-refractivity contribution is 0.0633. The maximum Gasteiger partial charge on any atom is 0.290 e. The number of amides is 2. The molecule has 0 atom stereocenters. The van der Waals surface area contributed by atoms with E-state index in [1.165, 1.54) is 0 Å². The summed E-state index contributed by atoms with van der Waals surface area (Å²) in [6.07, 6.45) is 3.28. The van der Waals surface area contributed by atoms with Gasteiger partial charge in [-0.05, 0) is 12.1 Å². The summed E-state index contributed by atoms with van der Waals surface area (Å²) in [5.74, 6) is 0.909. The Bertz CT molecular complexity index is 1150. The lowest BCUT2D eigenvalue weighted by Gasteiger charge is -2.35. The van der Waals surface area contributed by atoms with Crippen LogP contribution in [-0.2, 0) is 11.3 Å². The number of hydrogen-bond donors (Lipinski definition) is 0. The fourth-order valence-electron chi connectivity index (χ4n) is 4.27. The fourth-order valence-corrected chi connectivity index (χ4v) is 4.27. The number of imidazole rings is 1. The largest absolute Gasteiger partial charge is 0.383 e. The van der Waals surface area contributed by atoms with Gasteiger partial charge in [0.25, 0.3) is 11.8 Å². The molecule has 0 radical (unpaired) electrons. The lowest BCUT2D eigenvalue weighted by atomic mass is 10.2. The van der Waals surface area contributed by atoms with E-state index in [9.17, 15) is 9.59 Å². The highest BCUT2D eigenvalue weighted by atomic mass is 16.5. The van der Waals surface area contributed by atoms with Crippen LogP contribution in [0.1, 0.15) is 21.1 Å². The molecule has 32 heavy (non-hydrogen) atoms. The number of piperazine rings is 1. The van der Waals surface area contributed by atoms with E-state index in [4.69, 9.17) is 4.74 Å². The summed E-state index contributed by atoms with van der Waals surface area (Å²) in [7, 11) is 1.61. The second-order valence-electron chi connectivity index (χ2n) is 7.92. The van der Waals surface area contributed by atoms with Gasteiger partial charge in [0.1, 0.15) is 17.8 Å². The number of ether oxygens (including phenoxy) is 1. The summed E-state index contributed by atoms with van der Waals surface area (Å²) in [6, 6.07) is 7.93. The van der Waals surface area contributed by atoms with Gasteiger partial charge in [-0.25, -0.2) is 15.0 Å². The van der Waals surface area contributed by atoms with Gasteiger partial charge in [-0.3, -0.25) is 9.59 Å². The summed E-state index contributed by atoms with van der Waals surface area (Å²) in [6.45, 7) is 4.67. The molecule has 2 aromatic heterocycles. The number of anilines is 1. The van der Waals surface area contributed by atoms with Gasteiger partial charge in [0, 0.05) is 64.5 Å². The van der Waals surface area contributed by atoms with E-state index in [0.717, 1.165) is 16.7 Å². The molecular weight excluding hydrogens is 410 g/mol. The van der Waals surface area contributed by atoms with E-state index in [1.54, 1.807) is 34.0 Å². The minimum absolute atomic E-state index is 0.143. The van der Waals surface area contributed by atoms with Crippen LogP contribution >= 0.6 is 0 Å². The SMILES string of the molecule is COCCN1CCn2cc(C(=O)N3CCN(c4ncnc5ccccc45)CC3)nc2C1=O. The molecule has 10 heteroatoms. The molecule has 3 aromatic rings. The van der Waals surface area contributed by atoms with Crippen LogP contribution in [-0.4, -0.2) is 94.1 Å². The molecule has 5 rings (SSSR count). The Morgan fingerprint density at radius 2 is 1.88 bits per heavy atom. The average Bonchev–Trinajstić information content (AvgIpc) is 3.28. The van der Waals surface area contributed by atoms with Crippen molar-refractivity contribution in [1.82, 2.24) is 29.3 Å². The molecule has 0 saturated carbocycles. The van der Waals surface area contributed by atoms with Crippen LogP contribution in [0.3, 0.4) is 0 Å². The van der Waals surface area contributed by atoms with Crippen LogP contribution in [0.2, 0.25) is 0 Å². The third-order valence-corrected chi connectivity index (χ3v) is 6.04. The standard InChI is InChI=1S/C22H25N7O3/c1-32-13-12-28-10-11-29-14-18(25-20(29)22(28)31)21(30)27-8-6-26(7-9-27)19-16-4-2-3-5-17(16)23-15-24-19/h2-5,14-15H,6-13H2,1H3. The average molecular weight is 435 g/mol. The Labute approximate surface area is 185 Å². The number of carbonyl (C=O) groups is 2. The van der Waals surface area contributed by atoms with Crippen molar-refractivity contribution in [2.75, 3.05) is 57.9 Å². The molecular formula is C22H25N7O3. The molecule has 2 amide bonds. The molecule has 0 N–H and O–H groups in total. The monoisotopic (exact) mass is 435 g/mol. The number of para-hydroxylation sites is 1. The second kappa shape index (κ2) is 8.54. The van der Waals surface area contributed by atoms with Crippen LogP contribution in [0.4, 0.5) is 5.82 Å². The minimum atomic E-state index is -0.159. The Morgan fingerprint density at radius 3 is 2.69 bits per heavy atom. The highest BCUT2D eigenvalue weighted by molar-refractivity contribution is 5.96. The molecule has 1 fully saturated rings. The minimum Gasteiger partial charge on any atom is -0.383 e. The lowest BCUT2D eigenvalue weighted by Crippen LogP contribution is -2.49. The molecule has 0 unspecified atom stereocenters. The number of hydrogen-bond acceptors (Lipinski definition) is 7. The number of carbonyl (C=O) groups excluding carboxylic acids is 2. The van der Waals surface area contributed by atoms with E-state index >= 15 is 0 Å². The maximum absolute atomic E-state index is 13.1. The van der Waals surface area contributed by atoms with E-state index in [-0.39, 0.29) is 11.8 Å². The van der Waals surface area contributed by atoms with Gasteiger partial charge >= 0.3 is 0 Å². The van der Waals surface area contributed by atoms with E-state index in [0.29, 0.717) is 63.9 Å². The van der Waals surface area contributed by atoms with E-state index in [1.807, 2.05) is 24.3 Å². The number of fused-ring (bicyclic) bond motifs is 2. The molecule has 1 aromatic carbocycles. The van der Waals surface area contributed by atoms with Crippen molar-refractivity contribution < 1.29 is 14.3 Å². The topological polar surface area (TPSA) is 96.7 Å². The Hall–Kier alpha value is -3.53. The smallest absolute Gasteiger partial charge is 0.290 e. The van der Waals surface area contributed by atoms with Crippen molar-refractivity contribution >= 4 is 28.5 Å². The zero-order valence-corrected chi connectivity index (χ0v) is 18.0. The van der Waals surface area contributed by atoms with Crippen molar-refractivity contribution in [3.63, 3.8) is 0 Å². The summed E-state index contributed by atoms with van der Waals surface area (Å²) < 4.78 is 6.85. The highest BCUT2D eigenvalue weighted by Gasteiger charge is 2.30. The third kappa shape index (κ3) is 3.66. The van der Waals surface area contributed by atoms with Crippen molar-refractivity contribution in [2.24, 2.45) is 0 Å². The van der Waals surface area contributed by atoms with Gasteiger partial charge in [-0.2, -0.15) is 0 Å². The van der Waals surface area contributed by atoms with Crippen molar-refractivity contribution in [2.45, 2.75) is 6.54 Å². The second-order valence-corrected chi connectivity index (χ2v) is 7.92. The molecule has 166 valence electrons. The zero-order chi connectivity index (χ0) is 22.1. The number of rotatable bonds is 5. The van der Waals surface area contributed by atoms with Gasteiger partial charge in [-0.1, -0.05) is 12.1 Å². The quantitative estimate of drug-likeness (QED) is 0.587.